The Balaban J connectivity index is 2.72. The second-order valence-electron chi connectivity index (χ2n) is 5.68. The van der Waals surface area contributed by atoms with E-state index in [4.69, 9.17) is 0 Å². The maximum atomic E-state index is 11.8. The predicted molar refractivity (Wildman–Crippen MR) is 88.0 cm³/mol. The van der Waals surface area contributed by atoms with Gasteiger partial charge >= 0.3 is 0 Å². The van der Waals surface area contributed by atoms with Crippen molar-refractivity contribution in [2.45, 2.75) is 72.4 Å². The molecule has 0 saturated heterocycles. The highest BCUT2D eigenvalue weighted by atomic mass is 16.3. The van der Waals surface area contributed by atoms with Crippen LogP contribution >= 0.6 is 0 Å². The summed E-state index contributed by atoms with van der Waals surface area (Å²) in [5.41, 5.74) is 0.905. The Labute approximate surface area is 132 Å². The van der Waals surface area contributed by atoms with Gasteiger partial charge in [0.15, 0.2) is 5.75 Å². The van der Waals surface area contributed by atoms with Gasteiger partial charge in [-0.05, 0) is 19.8 Å². The third-order valence-electron chi connectivity index (χ3n) is 3.76. The number of hydrogen-bond donors (Lipinski definition) is 2. The Hall–Kier alpha value is -1.78. The highest BCUT2D eigenvalue weighted by molar-refractivity contribution is 5.75. The minimum absolute atomic E-state index is 0.0347. The summed E-state index contributed by atoms with van der Waals surface area (Å²) in [6, 6.07) is 1.43. The van der Waals surface area contributed by atoms with Gasteiger partial charge in [-0.15, -0.1) is 0 Å². The number of rotatable bonds is 9. The predicted octanol–water partition coefficient (Wildman–Crippen LogP) is 2.86. The van der Waals surface area contributed by atoms with Crippen LogP contribution in [-0.4, -0.2) is 15.6 Å². The van der Waals surface area contributed by atoms with Crippen LogP contribution in [0.3, 0.4) is 0 Å². The highest BCUT2D eigenvalue weighted by Gasteiger charge is 2.13. The number of aromatic nitrogens is 1. The molecular formula is C17H28N2O3. The van der Waals surface area contributed by atoms with Crippen molar-refractivity contribution < 1.29 is 9.90 Å². The average molecular weight is 308 g/mol. The van der Waals surface area contributed by atoms with Crippen LogP contribution in [0.4, 0.5) is 0 Å². The number of pyridine rings is 1. The molecule has 1 heterocycles. The lowest BCUT2D eigenvalue weighted by Crippen LogP contribution is -2.27. The third-order valence-corrected chi connectivity index (χ3v) is 3.76. The fourth-order valence-electron chi connectivity index (χ4n) is 2.52. The van der Waals surface area contributed by atoms with Crippen LogP contribution in [0.25, 0.3) is 0 Å². The van der Waals surface area contributed by atoms with Crippen molar-refractivity contribution in [3.8, 4) is 5.75 Å². The lowest BCUT2D eigenvalue weighted by atomic mass is 10.1. The maximum Gasteiger partial charge on any atom is 0.223 e. The summed E-state index contributed by atoms with van der Waals surface area (Å²) >= 11 is 0. The molecule has 22 heavy (non-hydrogen) atoms. The molecule has 0 spiro atoms. The molecule has 124 valence electrons. The van der Waals surface area contributed by atoms with Gasteiger partial charge in [0.05, 0.1) is 12.2 Å². The van der Waals surface area contributed by atoms with Crippen molar-refractivity contribution in [1.29, 1.82) is 0 Å². The molecule has 2 N–H and O–H groups in total. The topological polar surface area (TPSA) is 71.3 Å². The summed E-state index contributed by atoms with van der Waals surface area (Å²) in [5.74, 6) is -0.294. The van der Waals surface area contributed by atoms with E-state index in [9.17, 15) is 14.7 Å². The number of hydrogen-bond acceptors (Lipinski definition) is 3. The van der Waals surface area contributed by atoms with E-state index in [2.05, 4.69) is 12.2 Å². The number of aromatic hydroxyl groups is 1. The fraction of sp³-hybridized carbons (Fsp3) is 0.647. The molecular weight excluding hydrogens is 280 g/mol. The molecule has 0 bridgehead atoms. The zero-order valence-electron chi connectivity index (χ0n) is 13.9. The Kier molecular flexibility index (Phi) is 7.71. The zero-order valence-corrected chi connectivity index (χ0v) is 13.9. The molecule has 1 amide bonds. The molecule has 0 fully saturated rings. The minimum atomic E-state index is -0.392. The van der Waals surface area contributed by atoms with E-state index >= 15 is 0 Å². The fourth-order valence-corrected chi connectivity index (χ4v) is 2.52. The van der Waals surface area contributed by atoms with Gasteiger partial charge in [0, 0.05) is 24.7 Å². The van der Waals surface area contributed by atoms with Gasteiger partial charge in [0.1, 0.15) is 0 Å². The van der Waals surface area contributed by atoms with E-state index in [1.807, 2.05) is 18.4 Å². The molecule has 0 radical (unpaired) electrons. The molecule has 5 heteroatoms. The van der Waals surface area contributed by atoms with Crippen LogP contribution in [0, 0.1) is 6.92 Å². The van der Waals surface area contributed by atoms with E-state index in [0.29, 0.717) is 18.7 Å². The number of carbonyl (C=O) groups excluding carboxylic acids is 1. The van der Waals surface area contributed by atoms with Gasteiger partial charge in [0.2, 0.25) is 11.3 Å². The Bertz CT molecular complexity index is 550. The van der Waals surface area contributed by atoms with Crippen LogP contribution < -0.4 is 10.7 Å². The van der Waals surface area contributed by atoms with Crippen LogP contribution in [-0.2, 0) is 17.9 Å². The summed E-state index contributed by atoms with van der Waals surface area (Å²) in [4.78, 5) is 23.6. The number of unbranched alkanes of at least 4 members (excludes halogenated alkanes) is 3. The molecule has 0 aromatic carbocycles. The maximum absolute atomic E-state index is 11.8. The first kappa shape index (κ1) is 18.3. The first-order chi connectivity index (χ1) is 10.5. The lowest BCUT2D eigenvalue weighted by Gasteiger charge is -2.17. The summed E-state index contributed by atoms with van der Waals surface area (Å²) in [7, 11) is 0. The molecule has 0 aliphatic carbocycles. The van der Waals surface area contributed by atoms with E-state index < -0.39 is 5.43 Å². The van der Waals surface area contributed by atoms with Crippen LogP contribution in [0.2, 0.25) is 0 Å². The number of amides is 1. The quantitative estimate of drug-likeness (QED) is 0.689. The Morgan fingerprint density at radius 3 is 2.59 bits per heavy atom. The number of nitrogens with one attached hydrogen (secondary N) is 1. The molecule has 0 unspecified atom stereocenters. The van der Waals surface area contributed by atoms with E-state index in [1.54, 1.807) is 0 Å². The van der Waals surface area contributed by atoms with E-state index in [-0.39, 0.29) is 18.2 Å². The molecule has 0 atom stereocenters. The van der Waals surface area contributed by atoms with Gasteiger partial charge in [-0.2, -0.15) is 0 Å². The van der Waals surface area contributed by atoms with E-state index in [1.165, 1.54) is 6.07 Å². The van der Waals surface area contributed by atoms with Gasteiger partial charge in [-0.3, -0.25) is 9.59 Å². The lowest BCUT2D eigenvalue weighted by molar-refractivity contribution is -0.121. The molecule has 1 aromatic rings. The largest absolute Gasteiger partial charge is 0.503 e. The summed E-state index contributed by atoms with van der Waals surface area (Å²) in [5, 5.41) is 12.8. The highest BCUT2D eigenvalue weighted by Crippen LogP contribution is 2.15. The zero-order chi connectivity index (χ0) is 16.5. The van der Waals surface area contributed by atoms with Crippen LogP contribution in [0.15, 0.2) is 10.9 Å². The Morgan fingerprint density at radius 2 is 1.95 bits per heavy atom. The normalized spacial score (nSPS) is 10.7. The second kappa shape index (κ2) is 9.28. The molecule has 0 aliphatic rings. The van der Waals surface area contributed by atoms with Crippen LogP contribution in [0.5, 0.6) is 5.75 Å². The molecule has 5 nitrogen and oxygen atoms in total. The SMILES string of the molecule is CCCCCCC(=O)NCc1c(O)c(=O)cc(C)n1CCC. The van der Waals surface area contributed by atoms with Crippen molar-refractivity contribution in [2.24, 2.45) is 0 Å². The Morgan fingerprint density at radius 1 is 1.23 bits per heavy atom. The molecule has 1 aromatic heterocycles. The monoisotopic (exact) mass is 308 g/mol. The average Bonchev–Trinajstić information content (AvgIpc) is 2.49. The number of carbonyl (C=O) groups is 1. The minimum Gasteiger partial charge on any atom is -0.503 e. The van der Waals surface area contributed by atoms with Crippen molar-refractivity contribution in [3.63, 3.8) is 0 Å². The standard InChI is InChI=1S/C17H28N2O3/c1-4-6-7-8-9-16(21)18-12-14-17(22)15(20)11-13(3)19(14)10-5-2/h11,22H,4-10,12H2,1-3H3,(H,18,21). The smallest absolute Gasteiger partial charge is 0.223 e. The summed E-state index contributed by atoms with van der Waals surface area (Å²) in [6.45, 7) is 6.90. The van der Waals surface area contributed by atoms with Gasteiger partial charge < -0.3 is 15.0 Å². The molecule has 0 aliphatic heterocycles. The van der Waals surface area contributed by atoms with Gasteiger partial charge in [0.25, 0.3) is 0 Å². The van der Waals surface area contributed by atoms with Crippen molar-refractivity contribution in [1.82, 2.24) is 9.88 Å². The molecule has 1 rings (SSSR count). The number of nitrogens with zero attached hydrogens (tertiary/aromatic N) is 1. The first-order valence-corrected chi connectivity index (χ1v) is 8.20. The van der Waals surface area contributed by atoms with Gasteiger partial charge in [-0.25, -0.2) is 0 Å². The van der Waals surface area contributed by atoms with E-state index in [0.717, 1.165) is 37.8 Å². The summed E-state index contributed by atoms with van der Waals surface area (Å²) < 4.78 is 1.90. The summed E-state index contributed by atoms with van der Waals surface area (Å²) in [6.07, 6.45) is 5.59. The number of aryl methyl sites for hydroxylation is 1. The van der Waals surface area contributed by atoms with Crippen molar-refractivity contribution >= 4 is 5.91 Å². The second-order valence-corrected chi connectivity index (χ2v) is 5.68. The van der Waals surface area contributed by atoms with Crippen molar-refractivity contribution in [2.75, 3.05) is 0 Å². The molecule has 0 saturated carbocycles. The van der Waals surface area contributed by atoms with Crippen molar-refractivity contribution in [3.05, 3.63) is 27.7 Å². The van der Waals surface area contributed by atoms with Gasteiger partial charge in [-0.1, -0.05) is 33.1 Å². The van der Waals surface area contributed by atoms with Crippen LogP contribution in [0.1, 0.15) is 63.8 Å². The third kappa shape index (κ3) is 5.20. The first-order valence-electron chi connectivity index (χ1n) is 8.20.